The van der Waals surface area contributed by atoms with Crippen molar-refractivity contribution < 1.29 is 33.8 Å². The molecule has 0 spiro atoms. The number of aromatic nitrogens is 1. The van der Waals surface area contributed by atoms with Gasteiger partial charge in [-0.1, -0.05) is 32.0 Å². The highest BCUT2D eigenvalue weighted by atomic mass is 16.6. The van der Waals surface area contributed by atoms with Crippen molar-refractivity contribution in [2.75, 3.05) is 6.61 Å². The Morgan fingerprint density at radius 1 is 1.03 bits per heavy atom. The van der Waals surface area contributed by atoms with Gasteiger partial charge in [0.25, 0.3) is 0 Å². The van der Waals surface area contributed by atoms with Crippen LogP contribution >= 0.6 is 0 Å². The number of rotatable bonds is 12. The number of amides is 2. The predicted molar refractivity (Wildman–Crippen MR) is 134 cm³/mol. The fourth-order valence-electron chi connectivity index (χ4n) is 3.46. The molecule has 0 fully saturated rings. The molecular weight excluding hydrogens is 466 g/mol. The maximum absolute atomic E-state index is 12.6. The molecule has 1 aromatic heterocycles. The van der Waals surface area contributed by atoms with E-state index in [1.54, 1.807) is 27.0 Å². The molecule has 2 atom stereocenters. The van der Waals surface area contributed by atoms with Crippen LogP contribution in [0, 0.1) is 5.92 Å². The Bertz CT molecular complexity index is 1060. The summed E-state index contributed by atoms with van der Waals surface area (Å²) in [5, 5.41) is 15.5. The molecule has 0 unspecified atom stereocenters. The van der Waals surface area contributed by atoms with Crippen LogP contribution in [0.3, 0.4) is 0 Å². The number of H-pyrrole nitrogens is 1. The highest BCUT2D eigenvalue weighted by molar-refractivity contribution is 5.87. The summed E-state index contributed by atoms with van der Waals surface area (Å²) in [6.07, 6.45) is 1.38. The summed E-state index contributed by atoms with van der Waals surface area (Å²) in [5.74, 6) is -2.09. The van der Waals surface area contributed by atoms with E-state index in [4.69, 9.17) is 9.47 Å². The van der Waals surface area contributed by atoms with Crippen LogP contribution in [-0.4, -0.2) is 58.3 Å². The number of fused-ring (bicyclic) bond motifs is 1. The largest absolute Gasteiger partial charge is 0.480 e. The number of nitrogens with one attached hydrogen (secondary N) is 3. The lowest BCUT2D eigenvalue weighted by Crippen LogP contribution is -2.46. The van der Waals surface area contributed by atoms with E-state index < -0.39 is 41.6 Å². The molecule has 2 amide bonds. The Morgan fingerprint density at radius 3 is 2.36 bits per heavy atom. The third kappa shape index (κ3) is 9.59. The summed E-state index contributed by atoms with van der Waals surface area (Å²) < 4.78 is 10.5. The van der Waals surface area contributed by atoms with Gasteiger partial charge in [-0.05, 0) is 51.2 Å². The quantitative estimate of drug-likeness (QED) is 0.324. The zero-order valence-electron chi connectivity index (χ0n) is 21.6. The number of carbonyl (C=O) groups is 4. The van der Waals surface area contributed by atoms with Crippen molar-refractivity contribution in [1.82, 2.24) is 15.6 Å². The van der Waals surface area contributed by atoms with Crippen LogP contribution < -0.4 is 10.6 Å². The number of esters is 1. The summed E-state index contributed by atoms with van der Waals surface area (Å²) in [6.45, 7) is 9.23. The van der Waals surface area contributed by atoms with E-state index in [1.807, 2.05) is 38.1 Å². The molecule has 2 rings (SSSR count). The topological polar surface area (TPSA) is 147 Å². The van der Waals surface area contributed by atoms with Gasteiger partial charge >= 0.3 is 18.0 Å². The summed E-state index contributed by atoms with van der Waals surface area (Å²) in [7, 11) is 0. The van der Waals surface area contributed by atoms with E-state index in [2.05, 4.69) is 15.6 Å². The van der Waals surface area contributed by atoms with Gasteiger partial charge in [0.2, 0.25) is 5.91 Å². The molecule has 0 bridgehead atoms. The molecule has 0 aliphatic rings. The van der Waals surface area contributed by atoms with E-state index in [9.17, 15) is 24.3 Å². The minimum Gasteiger partial charge on any atom is -0.480 e. The molecule has 2 aromatic rings. The number of ether oxygens (including phenoxy) is 2. The molecule has 0 radical (unpaired) electrons. The molecule has 1 heterocycles. The number of para-hydroxylation sites is 1. The molecule has 0 saturated heterocycles. The number of aromatic amines is 1. The third-order valence-electron chi connectivity index (χ3n) is 5.31. The third-order valence-corrected chi connectivity index (χ3v) is 5.31. The first-order valence-corrected chi connectivity index (χ1v) is 12.1. The van der Waals surface area contributed by atoms with E-state index in [1.165, 1.54) is 0 Å². The molecule has 0 saturated carbocycles. The van der Waals surface area contributed by atoms with Crippen LogP contribution in [0.15, 0.2) is 30.5 Å². The van der Waals surface area contributed by atoms with Gasteiger partial charge in [0.1, 0.15) is 17.7 Å². The van der Waals surface area contributed by atoms with Gasteiger partial charge in [-0.15, -0.1) is 0 Å². The smallest absolute Gasteiger partial charge is 0.408 e. The number of hydrogen-bond donors (Lipinski definition) is 4. The Kier molecular flexibility index (Phi) is 10.3. The van der Waals surface area contributed by atoms with Gasteiger partial charge in [-0.25, -0.2) is 14.4 Å². The van der Waals surface area contributed by atoms with Gasteiger partial charge in [0, 0.05) is 29.9 Å². The zero-order valence-corrected chi connectivity index (χ0v) is 21.6. The minimum absolute atomic E-state index is 0.0784. The van der Waals surface area contributed by atoms with Crippen molar-refractivity contribution in [2.45, 2.75) is 78.0 Å². The summed E-state index contributed by atoms with van der Waals surface area (Å²) in [6, 6.07) is 5.20. The second kappa shape index (κ2) is 12.9. The lowest BCUT2D eigenvalue weighted by Gasteiger charge is -2.23. The first-order valence-electron chi connectivity index (χ1n) is 12.1. The summed E-state index contributed by atoms with van der Waals surface area (Å²) >= 11 is 0. The van der Waals surface area contributed by atoms with Gasteiger partial charge in [0.05, 0.1) is 6.61 Å². The van der Waals surface area contributed by atoms with E-state index in [0.29, 0.717) is 12.3 Å². The average Bonchev–Trinajstić information content (AvgIpc) is 3.17. The van der Waals surface area contributed by atoms with Crippen LogP contribution in [-0.2, 0) is 30.3 Å². The van der Waals surface area contributed by atoms with Crippen LogP contribution in [0.1, 0.15) is 59.4 Å². The van der Waals surface area contributed by atoms with Crippen molar-refractivity contribution in [2.24, 2.45) is 5.92 Å². The Hall–Kier alpha value is -3.56. The van der Waals surface area contributed by atoms with Crippen molar-refractivity contribution in [3.63, 3.8) is 0 Å². The Balaban J connectivity index is 2.01. The van der Waals surface area contributed by atoms with E-state index >= 15 is 0 Å². The average molecular weight is 504 g/mol. The molecule has 198 valence electrons. The monoisotopic (exact) mass is 503 g/mol. The van der Waals surface area contributed by atoms with Gasteiger partial charge in [0.15, 0.2) is 0 Å². The normalized spacial score (nSPS) is 13.2. The number of carbonyl (C=O) groups excluding carboxylic acids is 3. The molecule has 10 heteroatoms. The fraction of sp³-hybridized carbons (Fsp3) is 0.538. The van der Waals surface area contributed by atoms with E-state index in [0.717, 1.165) is 16.5 Å². The Labute approximate surface area is 211 Å². The first-order chi connectivity index (χ1) is 16.9. The predicted octanol–water partition coefficient (Wildman–Crippen LogP) is 3.54. The zero-order chi connectivity index (χ0) is 26.9. The van der Waals surface area contributed by atoms with Gasteiger partial charge < -0.3 is 30.2 Å². The number of carboxylic acids is 1. The van der Waals surface area contributed by atoms with Gasteiger partial charge in [-0.3, -0.25) is 4.79 Å². The maximum Gasteiger partial charge on any atom is 0.408 e. The van der Waals surface area contributed by atoms with E-state index in [-0.39, 0.29) is 25.9 Å². The fourth-order valence-corrected chi connectivity index (χ4v) is 3.46. The molecular formula is C26H37N3O7. The molecule has 1 aromatic carbocycles. The number of benzene rings is 1. The standard InChI is InChI=1S/C26H37N3O7/c1-16(2)12-13-35-24(33)20(29-25(34)36-26(3,4)5)10-11-22(30)28-21(23(31)32)14-17-15-27-19-9-7-6-8-18(17)19/h6-9,15-16,20-21,27H,10-14H2,1-5H3,(H,28,30)(H,29,34)(H,31,32)/t20-,21-/m1/s1. The molecule has 0 aliphatic heterocycles. The highest BCUT2D eigenvalue weighted by Crippen LogP contribution is 2.19. The summed E-state index contributed by atoms with van der Waals surface area (Å²) in [5.41, 5.74) is 0.858. The minimum atomic E-state index is -1.18. The number of hydrogen-bond acceptors (Lipinski definition) is 6. The molecule has 36 heavy (non-hydrogen) atoms. The molecule has 0 aliphatic carbocycles. The maximum atomic E-state index is 12.6. The Morgan fingerprint density at radius 2 is 1.72 bits per heavy atom. The van der Waals surface area contributed by atoms with Crippen molar-refractivity contribution in [3.8, 4) is 0 Å². The molecule has 10 nitrogen and oxygen atoms in total. The van der Waals surface area contributed by atoms with Crippen LogP contribution in [0.5, 0.6) is 0 Å². The van der Waals surface area contributed by atoms with Crippen molar-refractivity contribution >= 4 is 34.8 Å². The van der Waals surface area contributed by atoms with Crippen LogP contribution in [0.4, 0.5) is 4.79 Å². The molecule has 4 N–H and O–H groups in total. The van der Waals surface area contributed by atoms with Crippen LogP contribution in [0.2, 0.25) is 0 Å². The SMILES string of the molecule is CC(C)CCOC(=O)[C@@H](CCC(=O)N[C@H](Cc1c[nH]c2ccccc12)C(=O)O)NC(=O)OC(C)(C)C. The second-order valence-corrected chi connectivity index (χ2v) is 10.1. The van der Waals surface area contributed by atoms with Crippen LogP contribution in [0.25, 0.3) is 10.9 Å². The highest BCUT2D eigenvalue weighted by Gasteiger charge is 2.28. The number of alkyl carbamates (subject to hydrolysis) is 1. The second-order valence-electron chi connectivity index (χ2n) is 10.1. The lowest BCUT2D eigenvalue weighted by molar-refractivity contribution is -0.147. The first kappa shape index (κ1) is 28.7. The number of aliphatic carboxylic acids is 1. The van der Waals surface area contributed by atoms with Crippen molar-refractivity contribution in [3.05, 3.63) is 36.0 Å². The summed E-state index contributed by atoms with van der Waals surface area (Å²) in [4.78, 5) is 52.3. The van der Waals surface area contributed by atoms with Gasteiger partial charge in [-0.2, -0.15) is 0 Å². The number of carboxylic acid groups (broad SMARTS) is 1. The van der Waals surface area contributed by atoms with Crippen molar-refractivity contribution in [1.29, 1.82) is 0 Å². The lowest BCUT2D eigenvalue weighted by atomic mass is 10.0.